The number of methoxy groups -OCH3 is 2. The number of halogens is 10. The summed E-state index contributed by atoms with van der Waals surface area (Å²) in [4.78, 5) is 148. The number of esters is 3. The number of nitrogens with one attached hydrogen (secondary N) is 5. The van der Waals surface area contributed by atoms with Gasteiger partial charge >= 0.3 is 56.8 Å². The van der Waals surface area contributed by atoms with Crippen molar-refractivity contribution in [3.63, 3.8) is 0 Å². The van der Waals surface area contributed by atoms with Crippen LogP contribution in [0.3, 0.4) is 0 Å². The lowest BCUT2D eigenvalue weighted by atomic mass is 9.77. The molecular weight excluding hydrogens is 1630 g/mol. The highest BCUT2D eigenvalue weighted by Gasteiger charge is 2.58. The van der Waals surface area contributed by atoms with Gasteiger partial charge in [0.2, 0.25) is 17.8 Å². The number of alkyl halides is 8. The Balaban J connectivity index is 1.28. The van der Waals surface area contributed by atoms with Crippen LogP contribution in [0.15, 0.2) is 73.2 Å². The molecule has 2 unspecified atom stereocenters. The predicted octanol–water partition coefficient (Wildman–Crippen LogP) is 10.2. The second-order valence-electron chi connectivity index (χ2n) is 33.2. The Morgan fingerprint density at radius 1 is 0.700 bits per heavy atom. The first-order valence-corrected chi connectivity index (χ1v) is 39.4. The van der Waals surface area contributed by atoms with Gasteiger partial charge in [-0.15, -0.1) is 0 Å². The van der Waals surface area contributed by atoms with Crippen molar-refractivity contribution in [3.8, 4) is 28.8 Å². The van der Waals surface area contributed by atoms with Gasteiger partial charge in [-0.25, -0.2) is 47.4 Å². The highest BCUT2D eigenvalue weighted by atomic mass is 31.2. The standard InChI is InChI=1S/C79H99F10N12O18P/c1-43-28-48(33-60(102)92-56(68(107)118-74(5,6)7)24-25-61(103)117-73(2,3)4)63(58(29-43)119-120(110,111)112)75(8,9)34-62(104)116-59(40-99(97-67(106)65(95-72(109)114-15)77(12,13)79(87,88)89)39-52-53(80)31-47(32-54(52)81)55-26-27-100(96-55)69(82)83)57(93-66(105)64(94-71(108)113-14)76(10,11)78(84,85)86)30-45-19-16-44(17-20-45)18-21-46-35-90-70(91-36-46)98-37-49-22-23-50(38-98)101(49)51-41-115-42-51/h16-17,19-20,26-29,31-32,35-36,49-51,56-57,59,64-65,69H,22-25,30,33-34,37-42H2,1-15H3,(H,92,102)(H,93,105)(H,94,108)(H,95,109)(H,97,106)(H2,110,111,112)/t49?,50?,56-,57-,59-,64+,65+/m0/s1. The molecule has 0 radical (unpaired) electrons. The molecule has 120 heavy (non-hydrogen) atoms. The Labute approximate surface area is 685 Å². The van der Waals surface area contributed by atoms with Crippen LogP contribution >= 0.6 is 7.82 Å². The number of anilines is 1. The number of ether oxygens (including phenoxy) is 6. The van der Waals surface area contributed by atoms with Crippen LogP contribution in [0, 0.1) is 41.2 Å². The van der Waals surface area contributed by atoms with E-state index in [4.69, 9.17) is 23.5 Å². The van der Waals surface area contributed by atoms with Crippen LogP contribution in [-0.4, -0.2) is 206 Å². The molecular formula is C79H99F10N12O18P. The summed E-state index contributed by atoms with van der Waals surface area (Å²) in [5, 5.41) is 12.6. The normalized spacial score (nSPS) is 16.9. The zero-order chi connectivity index (χ0) is 89.3. The van der Waals surface area contributed by atoms with Gasteiger partial charge in [0.05, 0.1) is 81.0 Å². The SMILES string of the molecule is COC(=O)N[C@H](C(=O)N[C@@H](Cc1ccc(C#Cc2cnc(N3CC4CCC(C3)N4C3COC3)nc2)cc1)[C@H](CN(Cc1c(F)cc(-c2ccn(C(F)F)n2)cc1F)NC(=O)[C@@H](NC(=O)OC)C(C)(C)C(F)(F)F)OC(=O)CC(C)(C)c1c(CC(=O)N[C@@H](CCC(=O)OC(C)(C)C)C(=O)OC(C)(C)C)cc(C)cc1OP(=O)(O)O)C(C)(C)C(F)(F)F. The van der Waals surface area contributed by atoms with E-state index < -0.39 is 205 Å². The fraction of sp³-hybridized carbons (Fsp3) is 0.557. The van der Waals surface area contributed by atoms with Crippen molar-refractivity contribution in [1.29, 1.82) is 0 Å². The fourth-order valence-corrected chi connectivity index (χ4v) is 14.3. The number of hydrazine groups is 1. The molecule has 3 fully saturated rings. The number of piperazine rings is 1. The molecule has 3 aromatic carbocycles. The zero-order valence-corrected chi connectivity index (χ0v) is 69.5. The largest absolute Gasteiger partial charge is 0.524 e. The third kappa shape index (κ3) is 25.5. The lowest BCUT2D eigenvalue weighted by Crippen LogP contribution is -2.64. The van der Waals surface area contributed by atoms with Crippen LogP contribution in [0.1, 0.15) is 161 Å². The van der Waals surface area contributed by atoms with E-state index in [0.29, 0.717) is 101 Å². The zero-order valence-electron chi connectivity index (χ0n) is 68.6. The number of benzene rings is 3. The molecule has 5 amide bonds. The molecule has 0 aliphatic carbocycles. The monoisotopic (exact) mass is 1720 g/mol. The summed E-state index contributed by atoms with van der Waals surface area (Å²) in [6.45, 7) is 12.0. The molecule has 7 N–H and O–H groups in total. The number of carbonyl (C=O) groups excluding carboxylic acids is 8. The Kier molecular flexibility index (Phi) is 30.4. The molecule has 3 saturated heterocycles. The molecule has 2 aromatic heterocycles. The molecule has 0 saturated carbocycles. The maximum Gasteiger partial charge on any atom is 0.524 e. The van der Waals surface area contributed by atoms with Gasteiger partial charge in [0.25, 0.3) is 5.91 Å². The molecule has 7 atom stereocenters. The van der Waals surface area contributed by atoms with Crippen molar-refractivity contribution in [2.45, 2.75) is 225 Å². The number of carbonyl (C=O) groups is 8. The van der Waals surface area contributed by atoms with Gasteiger partial charge in [-0.2, -0.15) is 40.2 Å². The van der Waals surface area contributed by atoms with Gasteiger partial charge in [0.1, 0.15) is 52.8 Å². The van der Waals surface area contributed by atoms with Crippen molar-refractivity contribution in [3.05, 3.63) is 124 Å². The maximum atomic E-state index is 17.0. The highest BCUT2D eigenvalue weighted by Crippen LogP contribution is 2.47. The number of fused-ring (bicyclic) bond motifs is 2. The summed E-state index contributed by atoms with van der Waals surface area (Å²) in [5.74, 6) is -5.30. The Morgan fingerprint density at radius 3 is 1.75 bits per heavy atom. The summed E-state index contributed by atoms with van der Waals surface area (Å²) >= 11 is 0. The predicted molar refractivity (Wildman–Crippen MR) is 409 cm³/mol. The quantitative estimate of drug-likeness (QED) is 0.00525. The number of phosphoric acid groups is 1. The molecule has 658 valence electrons. The molecule has 5 heterocycles. The smallest absolute Gasteiger partial charge is 0.460 e. The van der Waals surface area contributed by atoms with Crippen LogP contribution in [0.25, 0.3) is 11.3 Å². The molecule has 30 nitrogen and oxygen atoms in total. The van der Waals surface area contributed by atoms with Gasteiger partial charge in [0, 0.05) is 84.4 Å². The second-order valence-corrected chi connectivity index (χ2v) is 34.4. The van der Waals surface area contributed by atoms with Crippen molar-refractivity contribution in [2.24, 2.45) is 10.8 Å². The van der Waals surface area contributed by atoms with Gasteiger partial charge in [-0.1, -0.05) is 43.9 Å². The lowest BCUT2D eigenvalue weighted by molar-refractivity contribution is -0.221. The van der Waals surface area contributed by atoms with E-state index in [-0.39, 0.29) is 38.9 Å². The molecule has 3 aliphatic heterocycles. The van der Waals surface area contributed by atoms with Crippen molar-refractivity contribution in [1.82, 2.24) is 56.4 Å². The lowest BCUT2D eigenvalue weighted by Gasteiger charge is -2.47. The molecule has 2 bridgehead atoms. The molecule has 8 rings (SSSR count). The first-order chi connectivity index (χ1) is 55.5. The summed E-state index contributed by atoms with van der Waals surface area (Å²) in [6.07, 6.45) is -14.1. The third-order valence-electron chi connectivity index (χ3n) is 20.2. The third-order valence-corrected chi connectivity index (χ3v) is 20.6. The fourth-order valence-electron chi connectivity index (χ4n) is 13.9. The van der Waals surface area contributed by atoms with Crippen LogP contribution in [-0.2, 0) is 86.6 Å². The average molecular weight is 1730 g/mol. The summed E-state index contributed by atoms with van der Waals surface area (Å²) < 4.78 is 204. The second kappa shape index (κ2) is 38.3. The number of amides is 5. The summed E-state index contributed by atoms with van der Waals surface area (Å²) in [5.41, 5.74) is -10.3. The maximum absolute atomic E-state index is 17.0. The molecule has 0 spiro atoms. The Morgan fingerprint density at radius 2 is 1.25 bits per heavy atom. The number of hydrogen-bond acceptors (Lipinski definition) is 22. The van der Waals surface area contributed by atoms with E-state index in [1.54, 1.807) is 26.1 Å². The summed E-state index contributed by atoms with van der Waals surface area (Å²) in [7, 11) is -4.19. The highest BCUT2D eigenvalue weighted by molar-refractivity contribution is 7.46. The van der Waals surface area contributed by atoms with Crippen LogP contribution in [0.4, 0.5) is 59.4 Å². The van der Waals surface area contributed by atoms with E-state index in [1.807, 2.05) is 5.32 Å². The van der Waals surface area contributed by atoms with E-state index in [9.17, 15) is 51.9 Å². The number of alkyl carbamates (subject to hydrolysis) is 2. The van der Waals surface area contributed by atoms with Gasteiger partial charge in [-0.05, 0) is 155 Å². The number of nitrogens with zero attached hydrogens (tertiary/aromatic N) is 7. The molecule has 41 heteroatoms. The Hall–Kier alpha value is -10.2. The van der Waals surface area contributed by atoms with Crippen molar-refractivity contribution < 1.29 is 130 Å². The van der Waals surface area contributed by atoms with E-state index in [0.717, 1.165) is 45.4 Å². The van der Waals surface area contributed by atoms with Crippen molar-refractivity contribution in [2.75, 3.05) is 52.0 Å². The molecule has 3 aliphatic rings. The number of phosphoric ester groups is 1. The molecule has 5 aromatic rings. The van der Waals surface area contributed by atoms with Gasteiger partial charge in [-0.3, -0.25) is 44.1 Å². The van der Waals surface area contributed by atoms with Crippen LogP contribution in [0.5, 0.6) is 5.75 Å². The minimum Gasteiger partial charge on any atom is -0.460 e. The topological polar surface area (TPSA) is 372 Å². The number of rotatable bonds is 32. The van der Waals surface area contributed by atoms with Crippen LogP contribution < -0.4 is 36.1 Å². The summed E-state index contributed by atoms with van der Waals surface area (Å²) in [6, 6.07) is 1.94. The number of hydrogen-bond donors (Lipinski definition) is 7. The average Bonchev–Trinajstić information content (AvgIpc) is 1.48. The Bertz CT molecular complexity index is 4620. The minimum atomic E-state index is -5.66. The first-order valence-electron chi connectivity index (χ1n) is 37.9. The first kappa shape index (κ1) is 95.3. The number of aryl methyl sites for hydroxylation is 1. The minimum absolute atomic E-state index is 0.0683. The van der Waals surface area contributed by atoms with Crippen LogP contribution in [0.2, 0.25) is 0 Å². The van der Waals surface area contributed by atoms with Gasteiger partial charge < -0.3 is 59.1 Å². The van der Waals surface area contributed by atoms with E-state index >= 15 is 44.7 Å². The number of aromatic nitrogens is 4. The van der Waals surface area contributed by atoms with Gasteiger partial charge in [0.15, 0.2) is 0 Å². The van der Waals surface area contributed by atoms with E-state index in [1.165, 1.54) is 84.3 Å². The van der Waals surface area contributed by atoms with Crippen molar-refractivity contribution >= 4 is 61.6 Å². The van der Waals surface area contributed by atoms with E-state index in [2.05, 4.69) is 62.2 Å².